The zero-order valence-corrected chi connectivity index (χ0v) is 14.6. The van der Waals surface area contributed by atoms with E-state index < -0.39 is 17.1 Å². The molecule has 3 aromatic rings. The van der Waals surface area contributed by atoms with Crippen molar-refractivity contribution in [2.24, 2.45) is 5.92 Å². The largest absolute Gasteiger partial charge is 0.425 e. The van der Waals surface area contributed by atoms with E-state index in [9.17, 15) is 18.0 Å². The lowest BCUT2D eigenvalue weighted by Gasteiger charge is -2.12. The minimum atomic E-state index is -4.35. The summed E-state index contributed by atoms with van der Waals surface area (Å²) >= 11 is 0.664. The highest BCUT2D eigenvalue weighted by Gasteiger charge is 2.46. The van der Waals surface area contributed by atoms with Gasteiger partial charge in [0.1, 0.15) is 10.7 Å². The first kappa shape index (κ1) is 17.1. The fraction of sp³-hybridized carbons (Fsp3) is 0.333. The first-order valence-electron chi connectivity index (χ1n) is 8.25. The minimum absolute atomic E-state index is 0.0312. The second-order valence-corrected chi connectivity index (χ2v) is 7.63. The van der Waals surface area contributed by atoms with Crippen molar-refractivity contribution in [3.63, 3.8) is 0 Å². The van der Waals surface area contributed by atoms with Gasteiger partial charge >= 0.3 is 6.18 Å². The number of halogens is 3. The molecule has 1 fully saturated rings. The van der Waals surface area contributed by atoms with E-state index in [1.54, 1.807) is 6.92 Å². The van der Waals surface area contributed by atoms with Gasteiger partial charge in [0.05, 0.1) is 17.1 Å². The fourth-order valence-electron chi connectivity index (χ4n) is 3.06. The Morgan fingerprint density at radius 1 is 1.31 bits per heavy atom. The van der Waals surface area contributed by atoms with Crippen LogP contribution >= 0.6 is 11.3 Å². The van der Waals surface area contributed by atoms with Crippen molar-refractivity contribution in [2.75, 3.05) is 0 Å². The third-order valence-electron chi connectivity index (χ3n) is 4.58. The third-order valence-corrected chi connectivity index (χ3v) is 5.89. The predicted molar refractivity (Wildman–Crippen MR) is 92.8 cm³/mol. The van der Waals surface area contributed by atoms with E-state index in [0.29, 0.717) is 22.6 Å². The molecule has 4 nitrogen and oxygen atoms in total. The van der Waals surface area contributed by atoms with Gasteiger partial charge in [-0.2, -0.15) is 13.2 Å². The third kappa shape index (κ3) is 3.21. The molecule has 0 saturated heterocycles. The number of amides is 1. The topological polar surface area (TPSA) is 57.8 Å². The Bertz CT molecular complexity index is 929. The molecule has 2 heterocycles. The number of hydrogen-bond acceptors (Lipinski definition) is 3. The lowest BCUT2D eigenvalue weighted by molar-refractivity contribution is -0.134. The van der Waals surface area contributed by atoms with Gasteiger partial charge in [-0.15, -0.1) is 11.3 Å². The molecule has 1 amide bonds. The second-order valence-electron chi connectivity index (χ2n) is 6.52. The number of rotatable bonds is 4. The van der Waals surface area contributed by atoms with Crippen LogP contribution in [0.4, 0.5) is 13.2 Å². The standard InChI is InChI=1S/C18H16F3N3OS/c1-9(14-6-7-15(26-14)18(19,20)21)22-17(25)11-8-10(11)16-23-12-4-2-3-5-13(12)24-16/h2-7,9-11H,8H2,1H3,(H,22,25)(H,23,24)/t9-,10-,11-/m1/s1. The van der Waals surface area contributed by atoms with Gasteiger partial charge in [-0.1, -0.05) is 12.1 Å². The maximum Gasteiger partial charge on any atom is 0.425 e. The molecule has 1 aliphatic carbocycles. The Hall–Kier alpha value is -2.35. The quantitative estimate of drug-likeness (QED) is 0.695. The van der Waals surface area contributed by atoms with E-state index in [-0.39, 0.29) is 17.7 Å². The number of alkyl halides is 3. The first-order valence-corrected chi connectivity index (χ1v) is 9.06. The van der Waals surface area contributed by atoms with Gasteiger partial charge in [0.15, 0.2) is 0 Å². The van der Waals surface area contributed by atoms with Crippen LogP contribution in [-0.4, -0.2) is 15.9 Å². The molecule has 1 aliphatic rings. The number of imidazole rings is 1. The van der Waals surface area contributed by atoms with Crippen LogP contribution in [0.5, 0.6) is 0 Å². The van der Waals surface area contributed by atoms with Crippen molar-refractivity contribution in [3.05, 3.63) is 52.0 Å². The first-order chi connectivity index (χ1) is 12.3. The number of carbonyl (C=O) groups excluding carboxylic acids is 1. The molecule has 3 atom stereocenters. The molecule has 2 aromatic heterocycles. The van der Waals surface area contributed by atoms with Gasteiger partial charge < -0.3 is 10.3 Å². The summed E-state index contributed by atoms with van der Waals surface area (Å²) in [6, 6.07) is 9.67. The molecule has 0 spiro atoms. The molecule has 0 bridgehead atoms. The van der Waals surface area contributed by atoms with Gasteiger partial charge in [0.25, 0.3) is 0 Å². The summed E-state index contributed by atoms with van der Waals surface area (Å²) < 4.78 is 38.1. The highest BCUT2D eigenvalue weighted by molar-refractivity contribution is 7.12. The average Bonchev–Trinajstić information content (AvgIpc) is 3.04. The van der Waals surface area contributed by atoms with E-state index in [2.05, 4.69) is 15.3 Å². The number of aromatic nitrogens is 2. The number of nitrogens with one attached hydrogen (secondary N) is 2. The van der Waals surface area contributed by atoms with Crippen LogP contribution in [0.2, 0.25) is 0 Å². The van der Waals surface area contributed by atoms with Gasteiger partial charge in [-0.3, -0.25) is 4.79 Å². The normalized spacial score (nSPS) is 20.9. The molecule has 26 heavy (non-hydrogen) atoms. The molecule has 2 N–H and O–H groups in total. The Balaban J connectivity index is 1.40. The summed E-state index contributed by atoms with van der Waals surface area (Å²) in [4.78, 5) is 20.0. The van der Waals surface area contributed by atoms with E-state index in [4.69, 9.17) is 0 Å². The summed E-state index contributed by atoms with van der Waals surface area (Å²) in [6.07, 6.45) is -3.66. The number of H-pyrrole nitrogens is 1. The Morgan fingerprint density at radius 2 is 2.08 bits per heavy atom. The molecule has 1 saturated carbocycles. The van der Waals surface area contributed by atoms with Crippen LogP contribution in [0.1, 0.15) is 40.9 Å². The Labute approximate surface area is 151 Å². The van der Waals surface area contributed by atoms with Crippen LogP contribution in [0.25, 0.3) is 11.0 Å². The summed E-state index contributed by atoms with van der Waals surface area (Å²) in [5.41, 5.74) is 1.79. The van der Waals surface area contributed by atoms with E-state index >= 15 is 0 Å². The van der Waals surface area contributed by atoms with E-state index in [0.717, 1.165) is 22.9 Å². The number of para-hydroxylation sites is 2. The lowest BCUT2D eigenvalue weighted by Crippen LogP contribution is -2.28. The van der Waals surface area contributed by atoms with Gasteiger partial charge in [0, 0.05) is 16.7 Å². The summed E-state index contributed by atoms with van der Waals surface area (Å²) in [6.45, 7) is 1.70. The van der Waals surface area contributed by atoms with Crippen LogP contribution in [0, 0.1) is 5.92 Å². The molecule has 4 rings (SSSR count). The highest BCUT2D eigenvalue weighted by atomic mass is 32.1. The number of fused-ring (bicyclic) bond motifs is 1. The molecular formula is C18H16F3N3OS. The van der Waals surface area contributed by atoms with Crippen molar-refractivity contribution in [1.29, 1.82) is 0 Å². The van der Waals surface area contributed by atoms with Gasteiger partial charge in [0.2, 0.25) is 5.91 Å². The van der Waals surface area contributed by atoms with Gasteiger partial charge in [-0.25, -0.2) is 4.98 Å². The fourth-order valence-corrected chi connectivity index (χ4v) is 3.94. The number of thiophene rings is 1. The Kier molecular flexibility index (Phi) is 4.02. The minimum Gasteiger partial charge on any atom is -0.349 e. The van der Waals surface area contributed by atoms with Crippen molar-refractivity contribution in [2.45, 2.75) is 31.5 Å². The van der Waals surface area contributed by atoms with Crippen molar-refractivity contribution in [1.82, 2.24) is 15.3 Å². The van der Waals surface area contributed by atoms with E-state index in [1.807, 2.05) is 24.3 Å². The van der Waals surface area contributed by atoms with Crippen LogP contribution in [-0.2, 0) is 11.0 Å². The summed E-state index contributed by atoms with van der Waals surface area (Å²) in [7, 11) is 0. The second kappa shape index (κ2) is 6.12. The summed E-state index contributed by atoms with van der Waals surface area (Å²) in [5.74, 6) is 0.475. The Morgan fingerprint density at radius 3 is 2.77 bits per heavy atom. The van der Waals surface area contributed by atoms with Crippen LogP contribution in [0.15, 0.2) is 36.4 Å². The van der Waals surface area contributed by atoms with Crippen LogP contribution < -0.4 is 5.32 Å². The monoisotopic (exact) mass is 379 g/mol. The van der Waals surface area contributed by atoms with Crippen molar-refractivity contribution >= 4 is 28.3 Å². The zero-order valence-electron chi connectivity index (χ0n) is 13.8. The number of hydrogen-bond donors (Lipinski definition) is 2. The lowest BCUT2D eigenvalue weighted by atomic mass is 10.2. The van der Waals surface area contributed by atoms with Gasteiger partial charge in [-0.05, 0) is 37.6 Å². The molecule has 0 aliphatic heterocycles. The number of carbonyl (C=O) groups is 1. The number of benzene rings is 1. The number of aromatic amines is 1. The maximum absolute atomic E-state index is 12.7. The smallest absolute Gasteiger partial charge is 0.349 e. The molecule has 0 unspecified atom stereocenters. The molecule has 1 aromatic carbocycles. The van der Waals surface area contributed by atoms with Crippen LogP contribution in [0.3, 0.4) is 0 Å². The van der Waals surface area contributed by atoms with E-state index in [1.165, 1.54) is 6.07 Å². The molecule has 0 radical (unpaired) electrons. The van der Waals surface area contributed by atoms with Crippen molar-refractivity contribution in [3.8, 4) is 0 Å². The average molecular weight is 379 g/mol. The molecular weight excluding hydrogens is 363 g/mol. The molecule has 136 valence electrons. The molecule has 8 heteroatoms. The SMILES string of the molecule is C[C@@H](NC(=O)[C@@H]1C[C@H]1c1nc2ccccc2[nH]1)c1ccc(C(F)(F)F)s1. The predicted octanol–water partition coefficient (Wildman–Crippen LogP) is 4.62. The zero-order chi connectivity index (χ0) is 18.5. The summed E-state index contributed by atoms with van der Waals surface area (Å²) in [5, 5.41) is 2.82. The number of nitrogens with zero attached hydrogens (tertiary/aromatic N) is 1. The van der Waals surface area contributed by atoms with Crippen molar-refractivity contribution < 1.29 is 18.0 Å². The maximum atomic E-state index is 12.7. The highest BCUT2D eigenvalue weighted by Crippen LogP contribution is 2.47.